The maximum atomic E-state index is 11.7. The van der Waals surface area contributed by atoms with Crippen molar-refractivity contribution >= 4 is 5.97 Å². The Hall–Kier alpha value is -2.68. The number of carbonyl (C=O) groups is 1. The van der Waals surface area contributed by atoms with Crippen molar-refractivity contribution in [2.75, 3.05) is 0 Å². The molecule has 0 saturated heterocycles. The van der Waals surface area contributed by atoms with Gasteiger partial charge in [0.1, 0.15) is 6.61 Å². The number of aromatic nitrogens is 1. The van der Waals surface area contributed by atoms with E-state index in [0.717, 1.165) is 31.4 Å². The molecule has 3 heteroatoms. The van der Waals surface area contributed by atoms with E-state index in [0.29, 0.717) is 12.8 Å². The van der Waals surface area contributed by atoms with Gasteiger partial charge in [0, 0.05) is 12.6 Å². The molecule has 0 aliphatic carbocycles. The molecule has 0 N–H and O–H groups in total. The Labute approximate surface area is 189 Å². The molecule has 1 aromatic rings. The molecule has 0 radical (unpaired) electrons. The van der Waals surface area contributed by atoms with Gasteiger partial charge in [-0.05, 0) is 57.1 Å². The third kappa shape index (κ3) is 17.9. The molecule has 168 valence electrons. The number of allylic oxidation sites excluding steroid dienone is 10. The number of unbranched alkanes of at least 4 members (excludes halogenated alkanes) is 3. The van der Waals surface area contributed by atoms with Crippen LogP contribution in [0.5, 0.6) is 0 Å². The topological polar surface area (TPSA) is 39.2 Å². The van der Waals surface area contributed by atoms with Gasteiger partial charge in [-0.2, -0.15) is 0 Å². The summed E-state index contributed by atoms with van der Waals surface area (Å²) in [7, 11) is 0. The van der Waals surface area contributed by atoms with Gasteiger partial charge in [0.2, 0.25) is 0 Å². The maximum absolute atomic E-state index is 11.7. The van der Waals surface area contributed by atoms with Crippen molar-refractivity contribution in [1.82, 2.24) is 4.98 Å². The summed E-state index contributed by atoms with van der Waals surface area (Å²) in [4.78, 5) is 15.8. The molecule has 0 aliphatic rings. The zero-order valence-corrected chi connectivity index (χ0v) is 19.1. The summed E-state index contributed by atoms with van der Waals surface area (Å²) in [6.07, 6.45) is 33.7. The Morgan fingerprint density at radius 2 is 1.39 bits per heavy atom. The van der Waals surface area contributed by atoms with E-state index in [9.17, 15) is 4.79 Å². The number of carbonyl (C=O) groups excluding carboxylic acids is 1. The minimum Gasteiger partial charge on any atom is -0.459 e. The molecule has 0 spiro atoms. The van der Waals surface area contributed by atoms with Gasteiger partial charge in [-0.15, -0.1) is 0 Å². The molecule has 0 fully saturated rings. The zero-order valence-electron chi connectivity index (χ0n) is 19.1. The van der Waals surface area contributed by atoms with Crippen LogP contribution in [0.3, 0.4) is 0 Å². The molecule has 0 aromatic carbocycles. The second-order valence-corrected chi connectivity index (χ2v) is 7.32. The predicted octanol–water partition coefficient (Wildman–Crippen LogP) is 7.83. The van der Waals surface area contributed by atoms with Crippen LogP contribution in [0.1, 0.15) is 76.8 Å². The lowest BCUT2D eigenvalue weighted by Crippen LogP contribution is -2.04. The molecule has 0 amide bonds. The van der Waals surface area contributed by atoms with E-state index < -0.39 is 0 Å². The molecule has 31 heavy (non-hydrogen) atoms. The lowest BCUT2D eigenvalue weighted by Gasteiger charge is -2.02. The first kappa shape index (κ1) is 26.4. The van der Waals surface area contributed by atoms with Crippen LogP contribution in [0.4, 0.5) is 0 Å². The standard InChI is InChI=1S/C28H39NO2/c1-2-3-4-5-6-7-8-9-10-11-12-13-14-15-16-17-18-19-20-24-28(30)31-26-27-23-21-22-25-29-27/h6-7,9-10,12-13,15-16,18-19,21-23,25H,2-5,8,11,14,17,20,24,26H2,1H3. The molecule has 0 saturated carbocycles. The van der Waals surface area contributed by atoms with Gasteiger partial charge in [-0.1, -0.05) is 86.6 Å². The van der Waals surface area contributed by atoms with E-state index in [2.05, 4.69) is 66.6 Å². The number of rotatable bonds is 17. The highest BCUT2D eigenvalue weighted by molar-refractivity contribution is 5.69. The van der Waals surface area contributed by atoms with E-state index in [1.165, 1.54) is 25.7 Å². The van der Waals surface area contributed by atoms with Crippen molar-refractivity contribution in [3.8, 4) is 0 Å². The monoisotopic (exact) mass is 421 g/mol. The van der Waals surface area contributed by atoms with Gasteiger partial charge in [0.15, 0.2) is 0 Å². The molecule has 3 nitrogen and oxygen atoms in total. The van der Waals surface area contributed by atoms with E-state index >= 15 is 0 Å². The minimum atomic E-state index is -0.187. The molecule has 1 rings (SSSR count). The van der Waals surface area contributed by atoms with Crippen LogP contribution in [-0.4, -0.2) is 11.0 Å². The quantitative estimate of drug-likeness (QED) is 0.146. The fourth-order valence-corrected chi connectivity index (χ4v) is 2.74. The number of pyridine rings is 1. The fourth-order valence-electron chi connectivity index (χ4n) is 2.74. The van der Waals surface area contributed by atoms with Crippen molar-refractivity contribution in [2.45, 2.75) is 77.7 Å². The van der Waals surface area contributed by atoms with Gasteiger partial charge >= 0.3 is 5.97 Å². The highest BCUT2D eigenvalue weighted by Crippen LogP contribution is 2.02. The molecular weight excluding hydrogens is 382 g/mol. The maximum Gasteiger partial charge on any atom is 0.306 e. The van der Waals surface area contributed by atoms with Crippen LogP contribution in [0.25, 0.3) is 0 Å². The largest absolute Gasteiger partial charge is 0.459 e. The number of esters is 1. The van der Waals surface area contributed by atoms with E-state index in [4.69, 9.17) is 4.74 Å². The second-order valence-electron chi connectivity index (χ2n) is 7.32. The molecule has 1 heterocycles. The van der Waals surface area contributed by atoms with Crippen LogP contribution >= 0.6 is 0 Å². The van der Waals surface area contributed by atoms with Crippen LogP contribution in [0.2, 0.25) is 0 Å². The Kier molecular flexibility index (Phi) is 17.5. The Morgan fingerprint density at radius 1 is 0.806 bits per heavy atom. The molecule has 1 aromatic heterocycles. The first-order valence-corrected chi connectivity index (χ1v) is 11.6. The number of hydrogen-bond acceptors (Lipinski definition) is 3. The molecule has 0 unspecified atom stereocenters. The average molecular weight is 422 g/mol. The van der Waals surface area contributed by atoms with Gasteiger partial charge in [-0.25, -0.2) is 0 Å². The zero-order chi connectivity index (χ0) is 22.2. The number of nitrogens with zero attached hydrogens (tertiary/aromatic N) is 1. The van der Waals surface area contributed by atoms with Gasteiger partial charge in [-0.3, -0.25) is 9.78 Å². The van der Waals surface area contributed by atoms with Gasteiger partial charge in [0.25, 0.3) is 0 Å². The smallest absolute Gasteiger partial charge is 0.306 e. The summed E-state index contributed by atoms with van der Waals surface area (Å²) in [5.74, 6) is -0.187. The summed E-state index contributed by atoms with van der Waals surface area (Å²) in [6.45, 7) is 2.48. The van der Waals surface area contributed by atoms with Crippen molar-refractivity contribution in [3.63, 3.8) is 0 Å². The summed E-state index contributed by atoms with van der Waals surface area (Å²) >= 11 is 0. The van der Waals surface area contributed by atoms with Crippen molar-refractivity contribution in [1.29, 1.82) is 0 Å². The van der Waals surface area contributed by atoms with Crippen LogP contribution in [0.15, 0.2) is 85.2 Å². The normalized spacial score (nSPS) is 12.3. The number of ether oxygens (including phenoxy) is 1. The first-order valence-electron chi connectivity index (χ1n) is 11.6. The van der Waals surface area contributed by atoms with E-state index in [1.54, 1.807) is 6.20 Å². The summed E-state index contributed by atoms with van der Waals surface area (Å²) in [5, 5.41) is 0. The molecule has 0 atom stereocenters. The Bertz CT molecular complexity index is 699. The minimum absolute atomic E-state index is 0.187. The third-order valence-corrected chi connectivity index (χ3v) is 4.52. The third-order valence-electron chi connectivity index (χ3n) is 4.52. The van der Waals surface area contributed by atoms with Gasteiger partial charge < -0.3 is 4.74 Å². The second kappa shape index (κ2) is 20.6. The Morgan fingerprint density at radius 3 is 1.94 bits per heavy atom. The summed E-state index contributed by atoms with van der Waals surface area (Å²) in [6, 6.07) is 5.57. The predicted molar refractivity (Wildman–Crippen MR) is 132 cm³/mol. The lowest BCUT2D eigenvalue weighted by molar-refractivity contribution is -0.144. The lowest BCUT2D eigenvalue weighted by atomic mass is 10.2. The Balaban J connectivity index is 1.95. The van der Waals surface area contributed by atoms with Crippen molar-refractivity contribution in [3.05, 3.63) is 90.9 Å². The van der Waals surface area contributed by atoms with Crippen LogP contribution < -0.4 is 0 Å². The number of hydrogen-bond donors (Lipinski definition) is 0. The summed E-state index contributed by atoms with van der Waals surface area (Å²) in [5.41, 5.74) is 0.770. The van der Waals surface area contributed by atoms with Crippen molar-refractivity contribution in [2.24, 2.45) is 0 Å². The first-order chi connectivity index (χ1) is 15.3. The van der Waals surface area contributed by atoms with Crippen molar-refractivity contribution < 1.29 is 9.53 Å². The molecule has 0 aliphatic heterocycles. The fraction of sp³-hybridized carbons (Fsp3) is 0.429. The highest BCUT2D eigenvalue weighted by Gasteiger charge is 2.01. The highest BCUT2D eigenvalue weighted by atomic mass is 16.5. The average Bonchev–Trinajstić information content (AvgIpc) is 2.80. The van der Waals surface area contributed by atoms with Gasteiger partial charge in [0.05, 0.1) is 5.69 Å². The summed E-state index contributed by atoms with van der Waals surface area (Å²) < 4.78 is 5.20. The van der Waals surface area contributed by atoms with E-state index in [-0.39, 0.29) is 12.6 Å². The van der Waals surface area contributed by atoms with Crippen LogP contribution in [-0.2, 0) is 16.1 Å². The SMILES string of the molecule is CCCCCC=CCC=CCC=CCC=CCC=CCCC(=O)OCc1ccccn1. The molecular formula is C28H39NO2. The van der Waals surface area contributed by atoms with Crippen LogP contribution in [0, 0.1) is 0 Å². The molecule has 0 bridgehead atoms. The van der Waals surface area contributed by atoms with E-state index in [1.807, 2.05) is 24.3 Å².